The summed E-state index contributed by atoms with van der Waals surface area (Å²) in [6.45, 7) is -0.285. The molecule has 0 bridgehead atoms. The molecule has 2 nitrogen and oxygen atoms in total. The molecule has 1 saturated heterocycles. The predicted molar refractivity (Wildman–Crippen MR) is 126 cm³/mol. The van der Waals surface area contributed by atoms with E-state index in [0.29, 0.717) is 0 Å². The van der Waals surface area contributed by atoms with E-state index >= 15 is 0 Å². The summed E-state index contributed by atoms with van der Waals surface area (Å²) < 4.78 is 28.6. The molecule has 1 aliphatic rings. The van der Waals surface area contributed by atoms with Gasteiger partial charge in [-0.05, 0) is 0 Å². The third-order valence-electron chi connectivity index (χ3n) is 5.72. The van der Waals surface area contributed by atoms with Crippen molar-refractivity contribution in [3.63, 3.8) is 0 Å². The predicted octanol–water partition coefficient (Wildman–Crippen LogP) is 3.80. The molecule has 4 aromatic carbocycles. The summed E-state index contributed by atoms with van der Waals surface area (Å²) >= 11 is 2.36. The molecular weight excluding hydrogens is 583 g/mol. The van der Waals surface area contributed by atoms with Gasteiger partial charge in [0.1, 0.15) is 0 Å². The van der Waals surface area contributed by atoms with Crippen LogP contribution in [0.2, 0.25) is 0 Å². The first-order chi connectivity index (χ1) is 15.6. The quantitative estimate of drug-likeness (QED) is 0.329. The minimum absolute atomic E-state index is 0.142. The van der Waals surface area contributed by atoms with Crippen molar-refractivity contribution in [2.45, 2.75) is 0 Å². The van der Waals surface area contributed by atoms with Crippen molar-refractivity contribution in [2.24, 2.45) is 0 Å². The molecule has 0 aliphatic carbocycles. The molecule has 4 aromatic rings. The molecule has 0 radical (unpaired) electrons. The van der Waals surface area contributed by atoms with Gasteiger partial charge < -0.3 is 0 Å². The first-order valence-electron chi connectivity index (χ1n) is 10.3. The van der Waals surface area contributed by atoms with Crippen molar-refractivity contribution in [3.05, 3.63) is 121 Å². The van der Waals surface area contributed by atoms with Crippen LogP contribution in [-0.4, -0.2) is 17.6 Å². The number of benzene rings is 4. The van der Waals surface area contributed by atoms with E-state index in [4.69, 9.17) is 0 Å². The van der Waals surface area contributed by atoms with Gasteiger partial charge in [-0.15, -0.1) is 0 Å². The number of nitrogens with zero attached hydrogens (tertiary/aromatic N) is 2. The average Bonchev–Trinajstić information content (AvgIpc) is 3.14. The molecule has 0 atom stereocenters. The Morgan fingerprint density at radius 3 is 1.19 bits per heavy atom. The van der Waals surface area contributed by atoms with Gasteiger partial charge in [-0.3, -0.25) is 0 Å². The minimum atomic E-state index is -0.268. The Bertz CT molecular complexity index is 1130. The summed E-state index contributed by atoms with van der Waals surface area (Å²) in [6, 6.07) is 33.7. The first kappa shape index (κ1) is 20.9. The summed E-state index contributed by atoms with van der Waals surface area (Å²) in [5.41, 5.74) is 4.05. The molecule has 0 spiro atoms. The molecule has 0 N–H and O–H groups in total. The molecule has 1 aliphatic heterocycles. The molecule has 0 saturated carbocycles. The molecule has 1 fully saturated rings. The monoisotopic (exact) mass is 601 g/mol. The van der Waals surface area contributed by atoms with Crippen molar-refractivity contribution >= 4 is 39.9 Å². The standard InChI is InChI=1S/C25H18B2F2N2.Pt/c28-22-15-11-20(12-16-22)26-27(21-13-17-23(29)18-14-21)31(25-9-5-2-6-10-25)19-30(26)24-7-3-1-4-8-24;/h1-18H;. The van der Waals surface area contributed by atoms with Gasteiger partial charge in [0.2, 0.25) is 0 Å². The van der Waals surface area contributed by atoms with E-state index in [9.17, 15) is 8.78 Å². The van der Waals surface area contributed by atoms with Crippen LogP contribution in [0.15, 0.2) is 109 Å². The van der Waals surface area contributed by atoms with Crippen LogP contribution >= 0.6 is 0 Å². The zero-order valence-electron chi connectivity index (χ0n) is 17.0. The average molecular weight is 601 g/mol. The van der Waals surface area contributed by atoms with E-state index in [2.05, 4.69) is 53.2 Å². The number of anilines is 2. The fourth-order valence-corrected chi connectivity index (χ4v) is 5.51. The number of rotatable bonds is 4. The van der Waals surface area contributed by atoms with Gasteiger partial charge in [-0.1, -0.05) is 0 Å². The van der Waals surface area contributed by atoms with Crippen LogP contribution in [0, 0.1) is 11.6 Å². The number of halogens is 2. The van der Waals surface area contributed by atoms with E-state index < -0.39 is 0 Å². The molecule has 7 heteroatoms. The Kier molecular flexibility index (Phi) is 5.80. The molecule has 0 amide bonds. The van der Waals surface area contributed by atoms with Crippen molar-refractivity contribution in [3.8, 4) is 0 Å². The van der Waals surface area contributed by atoms with Crippen LogP contribution in [0.5, 0.6) is 0 Å². The second kappa shape index (κ2) is 8.88. The second-order valence-electron chi connectivity index (χ2n) is 7.65. The molecule has 32 heavy (non-hydrogen) atoms. The third kappa shape index (κ3) is 3.84. The van der Waals surface area contributed by atoms with Crippen LogP contribution < -0.4 is 20.5 Å². The van der Waals surface area contributed by atoms with E-state index in [1.165, 1.54) is 24.3 Å². The van der Waals surface area contributed by atoms with Crippen LogP contribution in [0.3, 0.4) is 0 Å². The van der Waals surface area contributed by atoms with Gasteiger partial charge in [0, 0.05) is 0 Å². The van der Waals surface area contributed by atoms with Gasteiger partial charge >= 0.3 is 199 Å². The van der Waals surface area contributed by atoms with Crippen LogP contribution in [0.25, 0.3) is 0 Å². The number of hydrogen-bond donors (Lipinski definition) is 0. The summed E-state index contributed by atoms with van der Waals surface area (Å²) in [4.78, 5) is 4.55. The zero-order valence-corrected chi connectivity index (χ0v) is 19.3. The second-order valence-corrected chi connectivity index (χ2v) is 8.66. The Morgan fingerprint density at radius 2 is 0.844 bits per heavy atom. The Balaban J connectivity index is 1.74. The van der Waals surface area contributed by atoms with Crippen LogP contribution in [-0.2, 0) is 19.4 Å². The Labute approximate surface area is 198 Å². The normalized spacial score (nSPS) is 13.8. The van der Waals surface area contributed by atoms with Gasteiger partial charge in [0.15, 0.2) is 0 Å². The van der Waals surface area contributed by atoms with Crippen molar-refractivity contribution in [2.75, 3.05) is 9.62 Å². The molecular formula is C25H18B2F2N2Pt. The molecule has 0 unspecified atom stereocenters. The van der Waals surface area contributed by atoms with E-state index in [1.54, 1.807) is 0 Å². The van der Waals surface area contributed by atoms with Crippen LogP contribution in [0.1, 0.15) is 0 Å². The van der Waals surface area contributed by atoms with Crippen LogP contribution in [0.4, 0.5) is 20.2 Å². The van der Waals surface area contributed by atoms with E-state index in [1.807, 2.05) is 60.7 Å². The fourth-order valence-electron chi connectivity index (χ4n) is 4.29. The van der Waals surface area contributed by atoms with Gasteiger partial charge in [0.05, 0.1) is 0 Å². The molecule has 1 heterocycles. The molecule has 158 valence electrons. The summed E-state index contributed by atoms with van der Waals surface area (Å²) in [6.07, 6.45) is 0. The summed E-state index contributed by atoms with van der Waals surface area (Å²) in [5, 5.41) is 0. The third-order valence-corrected chi connectivity index (χ3v) is 6.81. The maximum atomic E-state index is 13.8. The summed E-state index contributed by atoms with van der Waals surface area (Å²) in [7, 11) is 0. The fraction of sp³-hybridized carbons (Fsp3) is 0. The van der Waals surface area contributed by atoms with Gasteiger partial charge in [-0.2, -0.15) is 0 Å². The number of hydrogen-bond acceptors (Lipinski definition) is 2. The maximum absolute atomic E-state index is 13.8. The van der Waals surface area contributed by atoms with Gasteiger partial charge in [0.25, 0.3) is 0 Å². The van der Waals surface area contributed by atoms with Crippen molar-refractivity contribution < 1.29 is 28.1 Å². The molecule has 0 aromatic heterocycles. The Morgan fingerprint density at radius 1 is 0.500 bits per heavy atom. The molecule has 5 rings (SSSR count). The van der Waals surface area contributed by atoms with E-state index in [-0.39, 0.29) is 25.1 Å². The van der Waals surface area contributed by atoms with Crippen molar-refractivity contribution in [1.82, 2.24) is 0 Å². The first-order valence-corrected chi connectivity index (χ1v) is 11.5. The van der Waals surface area contributed by atoms with Crippen molar-refractivity contribution in [1.29, 1.82) is 0 Å². The Hall–Kier alpha value is -2.97. The SMILES string of the molecule is Fc1ccc(B2B(c3ccc(F)cc3)N(c3ccccc3)[C](=[Pt])N2c2ccccc2)cc1. The van der Waals surface area contributed by atoms with Gasteiger partial charge in [-0.25, -0.2) is 0 Å². The zero-order chi connectivity index (χ0) is 22.1. The topological polar surface area (TPSA) is 6.48 Å². The summed E-state index contributed by atoms with van der Waals surface area (Å²) in [5.74, 6) is -0.537. The number of para-hydroxylation sites is 2. The van der Waals surface area contributed by atoms with E-state index in [0.717, 1.165) is 26.4 Å².